The van der Waals surface area contributed by atoms with Gasteiger partial charge in [0.1, 0.15) is 0 Å². The summed E-state index contributed by atoms with van der Waals surface area (Å²) in [5, 5.41) is 3.06. The fourth-order valence-electron chi connectivity index (χ4n) is 3.62. The van der Waals surface area contributed by atoms with Gasteiger partial charge in [-0.05, 0) is 43.2 Å². The van der Waals surface area contributed by atoms with Crippen LogP contribution in [0.4, 0.5) is 5.69 Å². The summed E-state index contributed by atoms with van der Waals surface area (Å²) in [6, 6.07) is 7.97. The highest BCUT2D eigenvalue weighted by Crippen LogP contribution is 2.28. The number of hydrogen-bond donors (Lipinski definition) is 1. The number of anilines is 1. The molecule has 1 aliphatic carbocycles. The van der Waals surface area contributed by atoms with Crippen molar-refractivity contribution in [2.45, 2.75) is 39.0 Å². The minimum Gasteiger partial charge on any atom is -0.356 e. The van der Waals surface area contributed by atoms with Gasteiger partial charge in [0.15, 0.2) is 0 Å². The van der Waals surface area contributed by atoms with Gasteiger partial charge in [-0.25, -0.2) is 0 Å². The Hall–Kier alpha value is -2.10. The first kappa shape index (κ1) is 16.7. The zero-order chi connectivity index (χ0) is 16.9. The van der Waals surface area contributed by atoms with Gasteiger partial charge in [-0.2, -0.15) is 0 Å². The molecular weight excluding hydrogens is 300 g/mol. The SMILES string of the molecule is CCc1ccccc1N1C[C@@H](C(=O)NC[C@@H]2CC=CCC2)CC1=O. The number of hydrogen-bond acceptors (Lipinski definition) is 2. The van der Waals surface area contributed by atoms with Crippen molar-refractivity contribution < 1.29 is 9.59 Å². The second-order valence-corrected chi connectivity index (χ2v) is 6.78. The number of amides is 2. The molecule has 3 rings (SSSR count). The van der Waals surface area contributed by atoms with Gasteiger partial charge in [-0.3, -0.25) is 9.59 Å². The predicted molar refractivity (Wildman–Crippen MR) is 95.8 cm³/mol. The summed E-state index contributed by atoms with van der Waals surface area (Å²) in [4.78, 5) is 26.6. The first-order chi connectivity index (χ1) is 11.7. The normalized spacial score (nSPS) is 23.5. The van der Waals surface area contributed by atoms with Gasteiger partial charge >= 0.3 is 0 Å². The fourth-order valence-corrected chi connectivity index (χ4v) is 3.62. The highest BCUT2D eigenvalue weighted by molar-refractivity contribution is 6.00. The smallest absolute Gasteiger partial charge is 0.227 e. The lowest BCUT2D eigenvalue weighted by Crippen LogP contribution is -2.36. The van der Waals surface area contributed by atoms with E-state index in [9.17, 15) is 9.59 Å². The lowest BCUT2D eigenvalue weighted by atomic mass is 9.94. The van der Waals surface area contributed by atoms with Crippen molar-refractivity contribution in [3.63, 3.8) is 0 Å². The van der Waals surface area contributed by atoms with Crippen LogP contribution in [0.2, 0.25) is 0 Å². The summed E-state index contributed by atoms with van der Waals surface area (Å²) < 4.78 is 0. The Labute approximate surface area is 143 Å². The zero-order valence-corrected chi connectivity index (χ0v) is 14.3. The Balaban J connectivity index is 1.59. The molecule has 2 atom stereocenters. The van der Waals surface area contributed by atoms with E-state index in [4.69, 9.17) is 0 Å². The standard InChI is InChI=1S/C20H26N2O2/c1-2-16-10-6-7-11-18(16)22-14-17(12-19(22)23)20(24)21-13-15-8-4-3-5-9-15/h3-4,6-7,10-11,15,17H,2,5,8-9,12-14H2,1H3,(H,21,24)/t15-,17+/m1/s1. The van der Waals surface area contributed by atoms with Crippen LogP contribution < -0.4 is 10.2 Å². The summed E-state index contributed by atoms with van der Waals surface area (Å²) >= 11 is 0. The van der Waals surface area contributed by atoms with Crippen molar-refractivity contribution in [2.24, 2.45) is 11.8 Å². The molecule has 128 valence electrons. The summed E-state index contributed by atoms with van der Waals surface area (Å²) in [5.41, 5.74) is 2.11. The molecule has 1 heterocycles. The van der Waals surface area contributed by atoms with E-state index >= 15 is 0 Å². The van der Waals surface area contributed by atoms with Crippen LogP contribution in [0, 0.1) is 11.8 Å². The molecule has 0 bridgehead atoms. The number of nitrogens with zero attached hydrogens (tertiary/aromatic N) is 1. The number of benzene rings is 1. The average molecular weight is 326 g/mol. The summed E-state index contributed by atoms with van der Waals surface area (Å²) in [5.74, 6) is 0.376. The fraction of sp³-hybridized carbons (Fsp3) is 0.500. The second kappa shape index (κ2) is 7.65. The molecule has 0 saturated carbocycles. The van der Waals surface area contributed by atoms with Crippen molar-refractivity contribution in [2.75, 3.05) is 18.0 Å². The van der Waals surface area contributed by atoms with Gasteiger partial charge in [0, 0.05) is 25.2 Å². The van der Waals surface area contributed by atoms with Crippen LogP contribution in [-0.2, 0) is 16.0 Å². The molecule has 2 aliphatic rings. The van der Waals surface area contributed by atoms with Gasteiger partial charge in [0.25, 0.3) is 0 Å². The van der Waals surface area contributed by atoms with E-state index in [0.29, 0.717) is 18.9 Å². The Kier molecular flexibility index (Phi) is 5.34. The maximum absolute atomic E-state index is 12.5. The molecule has 4 nitrogen and oxygen atoms in total. The van der Waals surface area contributed by atoms with Crippen molar-refractivity contribution in [1.82, 2.24) is 5.32 Å². The lowest BCUT2D eigenvalue weighted by Gasteiger charge is -2.21. The molecule has 4 heteroatoms. The molecule has 0 radical (unpaired) electrons. The summed E-state index contributed by atoms with van der Waals surface area (Å²) in [6.07, 6.45) is 8.88. The topological polar surface area (TPSA) is 49.4 Å². The molecule has 0 aromatic heterocycles. The van der Waals surface area contributed by atoms with Crippen molar-refractivity contribution in [3.05, 3.63) is 42.0 Å². The van der Waals surface area contributed by atoms with E-state index < -0.39 is 0 Å². The van der Waals surface area contributed by atoms with Crippen LogP contribution in [0.3, 0.4) is 0 Å². The number of para-hydroxylation sites is 1. The van der Waals surface area contributed by atoms with E-state index in [0.717, 1.165) is 43.5 Å². The highest BCUT2D eigenvalue weighted by atomic mass is 16.2. The molecule has 1 saturated heterocycles. The van der Waals surface area contributed by atoms with Crippen LogP contribution in [0.5, 0.6) is 0 Å². The van der Waals surface area contributed by atoms with Gasteiger partial charge in [0.2, 0.25) is 11.8 Å². The van der Waals surface area contributed by atoms with Gasteiger partial charge in [-0.1, -0.05) is 37.3 Å². The van der Waals surface area contributed by atoms with E-state index in [2.05, 4.69) is 24.4 Å². The molecule has 1 N–H and O–H groups in total. The largest absolute Gasteiger partial charge is 0.356 e. The summed E-state index contributed by atoms with van der Waals surface area (Å²) in [6.45, 7) is 3.30. The van der Waals surface area contributed by atoms with E-state index in [-0.39, 0.29) is 17.7 Å². The molecule has 0 spiro atoms. The van der Waals surface area contributed by atoms with Gasteiger partial charge in [-0.15, -0.1) is 0 Å². The van der Waals surface area contributed by atoms with Crippen molar-refractivity contribution in [3.8, 4) is 0 Å². The average Bonchev–Trinajstić information content (AvgIpc) is 3.02. The monoisotopic (exact) mass is 326 g/mol. The molecule has 2 amide bonds. The number of rotatable bonds is 5. The third-order valence-electron chi connectivity index (χ3n) is 5.10. The third-order valence-corrected chi connectivity index (χ3v) is 5.10. The van der Waals surface area contributed by atoms with Crippen LogP contribution >= 0.6 is 0 Å². The minimum atomic E-state index is -0.235. The Morgan fingerprint density at radius 2 is 2.12 bits per heavy atom. The van der Waals surface area contributed by atoms with Crippen LogP contribution in [0.1, 0.15) is 38.2 Å². The lowest BCUT2D eigenvalue weighted by molar-refractivity contribution is -0.126. The van der Waals surface area contributed by atoms with Crippen LogP contribution in [0.25, 0.3) is 0 Å². The van der Waals surface area contributed by atoms with Crippen molar-refractivity contribution in [1.29, 1.82) is 0 Å². The Morgan fingerprint density at radius 1 is 1.29 bits per heavy atom. The van der Waals surface area contributed by atoms with E-state index in [1.54, 1.807) is 4.90 Å². The number of aryl methyl sites for hydroxylation is 1. The predicted octanol–water partition coefficient (Wildman–Crippen LogP) is 3.07. The molecule has 0 unspecified atom stereocenters. The zero-order valence-electron chi connectivity index (χ0n) is 14.3. The minimum absolute atomic E-state index is 0.0226. The number of carbonyl (C=O) groups excluding carboxylic acids is 2. The third kappa shape index (κ3) is 3.69. The first-order valence-corrected chi connectivity index (χ1v) is 9.00. The van der Waals surface area contributed by atoms with Gasteiger partial charge < -0.3 is 10.2 Å². The first-order valence-electron chi connectivity index (χ1n) is 9.00. The molecule has 1 fully saturated rings. The molecule has 1 aliphatic heterocycles. The van der Waals surface area contributed by atoms with E-state index in [1.165, 1.54) is 0 Å². The second-order valence-electron chi connectivity index (χ2n) is 6.78. The Morgan fingerprint density at radius 3 is 2.88 bits per heavy atom. The van der Waals surface area contributed by atoms with E-state index in [1.807, 2.05) is 24.3 Å². The molecular formula is C20H26N2O2. The molecule has 1 aromatic rings. The van der Waals surface area contributed by atoms with Gasteiger partial charge in [0.05, 0.1) is 5.92 Å². The number of allylic oxidation sites excluding steroid dienone is 2. The number of carbonyl (C=O) groups is 2. The van der Waals surface area contributed by atoms with Crippen LogP contribution in [-0.4, -0.2) is 24.9 Å². The molecule has 24 heavy (non-hydrogen) atoms. The van der Waals surface area contributed by atoms with Crippen LogP contribution in [0.15, 0.2) is 36.4 Å². The molecule has 1 aromatic carbocycles. The highest BCUT2D eigenvalue weighted by Gasteiger charge is 2.35. The Bertz CT molecular complexity index is 638. The summed E-state index contributed by atoms with van der Waals surface area (Å²) in [7, 11) is 0. The number of nitrogens with one attached hydrogen (secondary N) is 1. The maximum atomic E-state index is 12.5. The van der Waals surface area contributed by atoms with Crippen molar-refractivity contribution >= 4 is 17.5 Å². The quantitative estimate of drug-likeness (QED) is 0.846. The maximum Gasteiger partial charge on any atom is 0.227 e.